The molecular weight excluding hydrogens is 212 g/mol. The Bertz CT molecular complexity index is 432. The molecule has 1 atom stereocenters. The van der Waals surface area contributed by atoms with Crippen molar-refractivity contribution in [2.45, 2.75) is 12.5 Å². The summed E-state index contributed by atoms with van der Waals surface area (Å²) in [5.74, 6) is 6.71. The monoisotopic (exact) mass is 228 g/mol. The number of benzene rings is 1. The Morgan fingerprint density at radius 1 is 1.41 bits per heavy atom. The van der Waals surface area contributed by atoms with Gasteiger partial charge >= 0.3 is 0 Å². The van der Waals surface area contributed by atoms with Crippen molar-refractivity contribution >= 4 is 0 Å². The van der Waals surface area contributed by atoms with E-state index in [2.05, 4.69) is 18.4 Å². The van der Waals surface area contributed by atoms with Gasteiger partial charge in [-0.25, -0.2) is 0 Å². The second-order valence-corrected chi connectivity index (χ2v) is 3.42. The summed E-state index contributed by atoms with van der Waals surface area (Å²) in [7, 11) is 1.63. The van der Waals surface area contributed by atoms with E-state index in [1.807, 2.05) is 24.3 Å². The van der Waals surface area contributed by atoms with Gasteiger partial charge < -0.3 is 9.84 Å². The van der Waals surface area contributed by atoms with Crippen molar-refractivity contribution in [3.05, 3.63) is 54.6 Å². The molecule has 0 spiro atoms. The van der Waals surface area contributed by atoms with E-state index >= 15 is 0 Å². The van der Waals surface area contributed by atoms with E-state index in [0.29, 0.717) is 6.42 Å². The van der Waals surface area contributed by atoms with Crippen LogP contribution in [-0.2, 0) is 0 Å². The quantitative estimate of drug-likeness (QED) is 0.634. The largest absolute Gasteiger partial charge is 0.497 e. The molecule has 1 aromatic carbocycles. The van der Waals surface area contributed by atoms with E-state index in [9.17, 15) is 5.11 Å². The van der Waals surface area contributed by atoms with E-state index < -0.39 is 6.10 Å². The Morgan fingerprint density at radius 3 is 2.71 bits per heavy atom. The molecule has 0 fully saturated rings. The molecule has 2 heteroatoms. The molecule has 0 bridgehead atoms. The Labute approximate surface area is 102 Å². The van der Waals surface area contributed by atoms with E-state index in [0.717, 1.165) is 11.3 Å². The zero-order chi connectivity index (χ0) is 12.5. The van der Waals surface area contributed by atoms with Crippen LogP contribution in [0.3, 0.4) is 0 Å². The molecule has 1 aromatic rings. The van der Waals surface area contributed by atoms with E-state index in [1.165, 1.54) is 0 Å². The molecule has 0 saturated heterocycles. The smallest absolute Gasteiger partial charge is 0.118 e. The van der Waals surface area contributed by atoms with Gasteiger partial charge in [-0.05, 0) is 24.3 Å². The molecule has 0 aliphatic rings. The second-order valence-electron chi connectivity index (χ2n) is 3.42. The number of aliphatic hydroxyl groups is 1. The molecule has 0 aliphatic carbocycles. The molecule has 1 unspecified atom stereocenters. The number of hydrogen-bond acceptors (Lipinski definition) is 2. The van der Waals surface area contributed by atoms with E-state index in [-0.39, 0.29) is 0 Å². The van der Waals surface area contributed by atoms with Crippen molar-refractivity contribution in [3.8, 4) is 17.6 Å². The summed E-state index contributed by atoms with van der Waals surface area (Å²) in [6.45, 7) is 3.53. The average Bonchev–Trinajstić information content (AvgIpc) is 2.37. The van der Waals surface area contributed by atoms with Gasteiger partial charge in [0.2, 0.25) is 0 Å². The van der Waals surface area contributed by atoms with Crippen LogP contribution in [0.2, 0.25) is 0 Å². The topological polar surface area (TPSA) is 29.5 Å². The van der Waals surface area contributed by atoms with E-state index in [1.54, 1.807) is 25.3 Å². The third-order valence-electron chi connectivity index (χ3n) is 2.10. The highest BCUT2D eigenvalue weighted by molar-refractivity contribution is 5.38. The van der Waals surface area contributed by atoms with Gasteiger partial charge in [-0.15, -0.1) is 0 Å². The van der Waals surface area contributed by atoms with Crippen LogP contribution in [0.1, 0.15) is 12.0 Å². The predicted molar refractivity (Wildman–Crippen MR) is 69.8 cm³/mol. The first-order valence-electron chi connectivity index (χ1n) is 5.36. The van der Waals surface area contributed by atoms with Gasteiger partial charge in [-0.3, -0.25) is 0 Å². The molecule has 88 valence electrons. The summed E-state index contributed by atoms with van der Waals surface area (Å²) in [6, 6.07) is 7.49. The summed E-state index contributed by atoms with van der Waals surface area (Å²) in [4.78, 5) is 0. The van der Waals surface area contributed by atoms with Gasteiger partial charge in [0.15, 0.2) is 0 Å². The fourth-order valence-corrected chi connectivity index (χ4v) is 1.21. The second kappa shape index (κ2) is 7.32. The Morgan fingerprint density at radius 2 is 2.12 bits per heavy atom. The lowest BCUT2D eigenvalue weighted by atomic mass is 10.2. The molecule has 2 nitrogen and oxygen atoms in total. The normalized spacial score (nSPS) is 11.6. The molecule has 17 heavy (non-hydrogen) atoms. The SMILES string of the molecule is C=CC=CC(O)CC#Cc1ccc(OC)cc1. The summed E-state index contributed by atoms with van der Waals surface area (Å²) >= 11 is 0. The van der Waals surface area contributed by atoms with Gasteiger partial charge in [0.25, 0.3) is 0 Å². The highest BCUT2D eigenvalue weighted by Gasteiger charge is 1.94. The summed E-state index contributed by atoms with van der Waals surface area (Å²) < 4.78 is 5.05. The standard InChI is InChI=1S/C15H16O2/c1-3-4-7-14(16)8-5-6-13-9-11-15(17-2)12-10-13/h3-4,7,9-12,14,16H,1,8H2,2H3. The Hall–Kier alpha value is -1.98. The number of allylic oxidation sites excluding steroid dienone is 2. The average molecular weight is 228 g/mol. The number of rotatable bonds is 4. The fourth-order valence-electron chi connectivity index (χ4n) is 1.21. The van der Waals surface area contributed by atoms with Crippen LogP contribution in [0.15, 0.2) is 49.1 Å². The molecular formula is C15H16O2. The molecule has 0 heterocycles. The summed E-state index contributed by atoms with van der Waals surface area (Å²) in [6.07, 6.45) is 4.87. The first-order valence-corrected chi connectivity index (χ1v) is 5.36. The maximum Gasteiger partial charge on any atom is 0.118 e. The molecule has 0 amide bonds. The predicted octanol–water partition coefficient (Wildman–Crippen LogP) is 2.54. The van der Waals surface area contributed by atoms with Gasteiger partial charge in [0.05, 0.1) is 13.2 Å². The number of methoxy groups -OCH3 is 1. The molecule has 1 N–H and O–H groups in total. The van der Waals surface area contributed by atoms with Crippen LogP contribution < -0.4 is 4.74 Å². The van der Waals surface area contributed by atoms with Crippen LogP contribution in [0.5, 0.6) is 5.75 Å². The Kier molecular flexibility index (Phi) is 5.63. The minimum absolute atomic E-state index is 0.413. The van der Waals surface area contributed by atoms with Gasteiger partial charge in [0, 0.05) is 12.0 Å². The third-order valence-corrected chi connectivity index (χ3v) is 2.10. The highest BCUT2D eigenvalue weighted by Crippen LogP contribution is 2.10. The molecule has 0 aliphatic heterocycles. The van der Waals surface area contributed by atoms with Crippen LogP contribution in [-0.4, -0.2) is 18.3 Å². The van der Waals surface area contributed by atoms with Crippen molar-refractivity contribution < 1.29 is 9.84 Å². The molecule has 0 radical (unpaired) electrons. The third kappa shape index (κ3) is 5.05. The number of aliphatic hydroxyl groups excluding tert-OH is 1. The van der Waals surface area contributed by atoms with Crippen LogP contribution in [0.4, 0.5) is 0 Å². The zero-order valence-corrected chi connectivity index (χ0v) is 9.89. The van der Waals surface area contributed by atoms with Crippen molar-refractivity contribution in [1.29, 1.82) is 0 Å². The van der Waals surface area contributed by atoms with Crippen LogP contribution >= 0.6 is 0 Å². The fraction of sp³-hybridized carbons (Fsp3) is 0.200. The van der Waals surface area contributed by atoms with Gasteiger partial charge in [0.1, 0.15) is 5.75 Å². The minimum atomic E-state index is -0.543. The van der Waals surface area contributed by atoms with Crippen LogP contribution in [0, 0.1) is 11.8 Å². The lowest BCUT2D eigenvalue weighted by Crippen LogP contribution is -1.99. The van der Waals surface area contributed by atoms with Crippen molar-refractivity contribution in [3.63, 3.8) is 0 Å². The lowest BCUT2D eigenvalue weighted by Gasteiger charge is -1.98. The first kappa shape index (κ1) is 13.1. The summed E-state index contributed by atoms with van der Waals surface area (Å²) in [5.41, 5.74) is 0.908. The highest BCUT2D eigenvalue weighted by atomic mass is 16.5. The maximum absolute atomic E-state index is 9.48. The van der Waals surface area contributed by atoms with Gasteiger partial charge in [-0.2, -0.15) is 0 Å². The Balaban J connectivity index is 2.53. The lowest BCUT2D eigenvalue weighted by molar-refractivity contribution is 0.229. The van der Waals surface area contributed by atoms with Gasteiger partial charge in [-0.1, -0.05) is 36.6 Å². The number of ether oxygens (including phenoxy) is 1. The summed E-state index contributed by atoms with van der Waals surface area (Å²) in [5, 5.41) is 9.48. The molecule has 0 aromatic heterocycles. The van der Waals surface area contributed by atoms with Crippen molar-refractivity contribution in [1.82, 2.24) is 0 Å². The first-order chi connectivity index (χ1) is 8.26. The molecule has 1 rings (SSSR count). The maximum atomic E-state index is 9.48. The minimum Gasteiger partial charge on any atom is -0.497 e. The zero-order valence-electron chi connectivity index (χ0n) is 9.89. The van der Waals surface area contributed by atoms with Crippen LogP contribution in [0.25, 0.3) is 0 Å². The number of hydrogen-bond donors (Lipinski definition) is 1. The van der Waals surface area contributed by atoms with Crippen molar-refractivity contribution in [2.75, 3.05) is 7.11 Å². The van der Waals surface area contributed by atoms with Crippen molar-refractivity contribution in [2.24, 2.45) is 0 Å². The molecule has 0 saturated carbocycles. The van der Waals surface area contributed by atoms with E-state index in [4.69, 9.17) is 4.74 Å².